The second-order valence-electron chi connectivity index (χ2n) is 4.42. The number of methoxy groups -OCH3 is 1. The number of carboxylic acid groups (broad SMARTS) is 1. The van der Waals surface area contributed by atoms with Crippen molar-refractivity contribution in [3.8, 4) is 6.07 Å². The molecule has 0 aliphatic carbocycles. The van der Waals surface area contributed by atoms with E-state index in [1.807, 2.05) is 6.07 Å². The first-order valence-corrected chi connectivity index (χ1v) is 6.55. The van der Waals surface area contributed by atoms with Crippen LogP contribution in [0.2, 0.25) is 0 Å². The lowest BCUT2D eigenvalue weighted by Gasteiger charge is -2.21. The van der Waals surface area contributed by atoms with Crippen LogP contribution < -0.4 is 0 Å². The largest absolute Gasteiger partial charge is 0.478 e. The summed E-state index contributed by atoms with van der Waals surface area (Å²) in [6, 6.07) is 8.41. The molecule has 0 aromatic heterocycles. The van der Waals surface area contributed by atoms with E-state index in [1.165, 1.54) is 18.1 Å². The average molecular weight is 290 g/mol. The van der Waals surface area contributed by atoms with Crippen molar-refractivity contribution in [2.75, 3.05) is 26.8 Å². The van der Waals surface area contributed by atoms with Gasteiger partial charge in [0.2, 0.25) is 5.91 Å². The van der Waals surface area contributed by atoms with Crippen molar-refractivity contribution in [1.82, 2.24) is 4.90 Å². The molecule has 112 valence electrons. The molecule has 1 N–H and O–H groups in total. The smallest absolute Gasteiger partial charge is 0.335 e. The Kier molecular flexibility index (Phi) is 6.92. The molecule has 6 heteroatoms. The fourth-order valence-corrected chi connectivity index (χ4v) is 1.91. The highest BCUT2D eigenvalue weighted by Crippen LogP contribution is 2.11. The zero-order valence-electron chi connectivity index (χ0n) is 11.9. The number of ether oxygens (including phenoxy) is 1. The van der Waals surface area contributed by atoms with E-state index in [1.54, 1.807) is 18.2 Å². The molecule has 0 heterocycles. The zero-order chi connectivity index (χ0) is 15.7. The Balaban J connectivity index is 2.81. The number of hydrogen-bond acceptors (Lipinski definition) is 4. The standard InChI is InChI=1S/C15H18N2O4/c1-21-10-9-17(8-4-7-16)14(18)11-12-5-2-3-6-13(12)15(19)20/h2-3,5-6H,4,8-11H2,1H3,(H,19,20). The molecule has 1 aromatic carbocycles. The van der Waals surface area contributed by atoms with E-state index in [2.05, 4.69) is 0 Å². The summed E-state index contributed by atoms with van der Waals surface area (Å²) in [7, 11) is 1.53. The molecular formula is C15H18N2O4. The summed E-state index contributed by atoms with van der Waals surface area (Å²) in [6.07, 6.45) is 0.230. The van der Waals surface area contributed by atoms with Gasteiger partial charge in [0, 0.05) is 20.2 Å². The molecule has 0 radical (unpaired) electrons. The van der Waals surface area contributed by atoms with Crippen LogP contribution in [0.4, 0.5) is 0 Å². The van der Waals surface area contributed by atoms with Gasteiger partial charge in [-0.25, -0.2) is 4.79 Å². The van der Waals surface area contributed by atoms with E-state index < -0.39 is 5.97 Å². The lowest BCUT2D eigenvalue weighted by Crippen LogP contribution is -2.36. The molecule has 0 saturated carbocycles. The number of carboxylic acids is 1. The van der Waals surface area contributed by atoms with Gasteiger partial charge in [-0.1, -0.05) is 18.2 Å². The molecule has 1 amide bonds. The van der Waals surface area contributed by atoms with Gasteiger partial charge in [-0.2, -0.15) is 5.26 Å². The van der Waals surface area contributed by atoms with Crippen LogP contribution in [0, 0.1) is 11.3 Å². The van der Waals surface area contributed by atoms with E-state index in [0.29, 0.717) is 25.3 Å². The van der Waals surface area contributed by atoms with Crippen LogP contribution in [0.1, 0.15) is 22.3 Å². The predicted octanol–water partition coefficient (Wildman–Crippen LogP) is 1.32. The van der Waals surface area contributed by atoms with Gasteiger partial charge in [0.05, 0.1) is 31.1 Å². The van der Waals surface area contributed by atoms with Gasteiger partial charge in [-0.3, -0.25) is 4.79 Å². The van der Waals surface area contributed by atoms with Crippen molar-refractivity contribution in [1.29, 1.82) is 5.26 Å². The number of benzene rings is 1. The highest BCUT2D eigenvalue weighted by atomic mass is 16.5. The molecule has 6 nitrogen and oxygen atoms in total. The van der Waals surface area contributed by atoms with Crippen LogP contribution in [-0.4, -0.2) is 48.7 Å². The Morgan fingerprint density at radius 3 is 2.67 bits per heavy atom. The lowest BCUT2D eigenvalue weighted by atomic mass is 10.0. The number of carbonyl (C=O) groups excluding carboxylic acids is 1. The zero-order valence-corrected chi connectivity index (χ0v) is 11.9. The van der Waals surface area contributed by atoms with Gasteiger partial charge in [0.25, 0.3) is 0 Å². The van der Waals surface area contributed by atoms with Crippen LogP contribution >= 0.6 is 0 Å². The fraction of sp³-hybridized carbons (Fsp3) is 0.400. The van der Waals surface area contributed by atoms with Gasteiger partial charge in [0.1, 0.15) is 0 Å². The Bertz CT molecular complexity index is 537. The quantitative estimate of drug-likeness (QED) is 0.779. The topological polar surface area (TPSA) is 90.6 Å². The molecule has 1 aromatic rings. The van der Waals surface area contributed by atoms with E-state index in [-0.39, 0.29) is 24.3 Å². The van der Waals surface area contributed by atoms with Gasteiger partial charge in [-0.15, -0.1) is 0 Å². The Hall–Kier alpha value is -2.39. The Morgan fingerprint density at radius 2 is 2.05 bits per heavy atom. The maximum Gasteiger partial charge on any atom is 0.335 e. The molecule has 0 fully saturated rings. The third-order valence-corrected chi connectivity index (χ3v) is 3.00. The van der Waals surface area contributed by atoms with Crippen molar-refractivity contribution >= 4 is 11.9 Å². The third kappa shape index (κ3) is 5.24. The van der Waals surface area contributed by atoms with Gasteiger partial charge in [-0.05, 0) is 11.6 Å². The molecular weight excluding hydrogens is 272 g/mol. The number of nitriles is 1. The molecule has 0 spiro atoms. The van der Waals surface area contributed by atoms with E-state index >= 15 is 0 Å². The van der Waals surface area contributed by atoms with Crippen LogP contribution in [0.3, 0.4) is 0 Å². The number of rotatable bonds is 8. The fourth-order valence-electron chi connectivity index (χ4n) is 1.91. The third-order valence-electron chi connectivity index (χ3n) is 3.00. The first-order chi connectivity index (χ1) is 10.1. The van der Waals surface area contributed by atoms with Crippen molar-refractivity contribution < 1.29 is 19.4 Å². The number of aromatic carboxylic acids is 1. The maximum atomic E-state index is 12.3. The second kappa shape index (κ2) is 8.72. The molecule has 0 unspecified atom stereocenters. The molecule has 0 saturated heterocycles. The van der Waals surface area contributed by atoms with Crippen LogP contribution in [0.25, 0.3) is 0 Å². The molecule has 0 bridgehead atoms. The van der Waals surface area contributed by atoms with Gasteiger partial charge >= 0.3 is 5.97 Å². The highest BCUT2D eigenvalue weighted by Gasteiger charge is 2.17. The molecule has 21 heavy (non-hydrogen) atoms. The first-order valence-electron chi connectivity index (χ1n) is 6.55. The number of hydrogen-bond donors (Lipinski definition) is 1. The summed E-state index contributed by atoms with van der Waals surface area (Å²) >= 11 is 0. The highest BCUT2D eigenvalue weighted by molar-refractivity contribution is 5.91. The first kappa shape index (κ1) is 16.7. The van der Waals surface area contributed by atoms with Crippen molar-refractivity contribution in [3.05, 3.63) is 35.4 Å². The number of amides is 1. The van der Waals surface area contributed by atoms with Crippen molar-refractivity contribution in [2.24, 2.45) is 0 Å². The van der Waals surface area contributed by atoms with Gasteiger partial charge in [0.15, 0.2) is 0 Å². The van der Waals surface area contributed by atoms with Crippen molar-refractivity contribution in [3.63, 3.8) is 0 Å². The summed E-state index contributed by atoms with van der Waals surface area (Å²) in [5.41, 5.74) is 0.590. The SMILES string of the molecule is COCCN(CCC#N)C(=O)Cc1ccccc1C(=O)O. The van der Waals surface area contributed by atoms with Crippen LogP contribution in [0.15, 0.2) is 24.3 Å². The van der Waals surface area contributed by atoms with Crippen LogP contribution in [-0.2, 0) is 16.0 Å². The Labute approximate surface area is 123 Å². The van der Waals surface area contributed by atoms with Crippen LogP contribution in [0.5, 0.6) is 0 Å². The monoisotopic (exact) mass is 290 g/mol. The van der Waals surface area contributed by atoms with E-state index in [0.717, 1.165) is 0 Å². The lowest BCUT2D eigenvalue weighted by molar-refractivity contribution is -0.131. The normalized spacial score (nSPS) is 9.90. The predicted molar refractivity (Wildman–Crippen MR) is 75.8 cm³/mol. The maximum absolute atomic E-state index is 12.3. The van der Waals surface area contributed by atoms with E-state index in [9.17, 15) is 9.59 Å². The minimum Gasteiger partial charge on any atom is -0.478 e. The number of nitrogens with zero attached hydrogens (tertiary/aromatic N) is 2. The molecule has 0 atom stereocenters. The number of carbonyl (C=O) groups is 2. The summed E-state index contributed by atoms with van der Waals surface area (Å²) < 4.78 is 4.94. The average Bonchev–Trinajstić information content (AvgIpc) is 2.47. The minimum absolute atomic E-state index is 0.00236. The summed E-state index contributed by atoms with van der Waals surface area (Å²) in [5, 5.41) is 17.7. The molecule has 1 rings (SSSR count). The summed E-state index contributed by atoms with van der Waals surface area (Å²) in [6.45, 7) is 1.07. The summed E-state index contributed by atoms with van der Waals surface area (Å²) in [5.74, 6) is -1.27. The summed E-state index contributed by atoms with van der Waals surface area (Å²) in [4.78, 5) is 24.9. The Morgan fingerprint density at radius 1 is 1.33 bits per heavy atom. The molecule has 0 aliphatic rings. The second-order valence-corrected chi connectivity index (χ2v) is 4.42. The van der Waals surface area contributed by atoms with E-state index in [4.69, 9.17) is 15.1 Å². The molecule has 0 aliphatic heterocycles. The van der Waals surface area contributed by atoms with Crippen molar-refractivity contribution in [2.45, 2.75) is 12.8 Å². The minimum atomic E-state index is -1.06. The van der Waals surface area contributed by atoms with Gasteiger partial charge < -0.3 is 14.7 Å².